The summed E-state index contributed by atoms with van der Waals surface area (Å²) in [4.78, 5) is 13.1. The molecule has 0 spiro atoms. The molecule has 1 heterocycles. The topological polar surface area (TPSA) is 137 Å². The van der Waals surface area contributed by atoms with Crippen LogP contribution in [0, 0.1) is 11.3 Å². The number of amides is 2. The summed E-state index contributed by atoms with van der Waals surface area (Å²) in [6.07, 6.45) is 7.36. The minimum Gasteiger partial charge on any atom is -0.384 e. The van der Waals surface area contributed by atoms with Crippen LogP contribution in [0.25, 0.3) is 0 Å². The lowest BCUT2D eigenvalue weighted by Crippen LogP contribution is -2.59. The van der Waals surface area contributed by atoms with Gasteiger partial charge in [-0.3, -0.25) is 5.41 Å². The van der Waals surface area contributed by atoms with E-state index in [-0.39, 0.29) is 17.8 Å². The number of nitrogen functional groups attached to an aromatic ring is 1. The van der Waals surface area contributed by atoms with Crippen LogP contribution in [0.1, 0.15) is 70.8 Å². The molecule has 2 aliphatic rings. The van der Waals surface area contributed by atoms with Gasteiger partial charge in [0.15, 0.2) is 9.84 Å². The fourth-order valence-electron chi connectivity index (χ4n) is 5.11. The van der Waals surface area contributed by atoms with E-state index in [9.17, 15) is 13.2 Å². The summed E-state index contributed by atoms with van der Waals surface area (Å²) in [7, 11) is -3.27. The van der Waals surface area contributed by atoms with Crippen molar-refractivity contribution in [1.82, 2.24) is 10.6 Å². The van der Waals surface area contributed by atoms with Crippen molar-refractivity contribution in [2.75, 3.05) is 11.9 Å². The molecule has 32 heavy (non-hydrogen) atoms. The van der Waals surface area contributed by atoms with E-state index in [2.05, 4.69) is 16.0 Å². The molecule has 0 aromatic heterocycles. The highest BCUT2D eigenvalue weighted by molar-refractivity contribution is 7.92. The molecular formula is C23H37N5O3S. The number of urea groups is 1. The van der Waals surface area contributed by atoms with Gasteiger partial charge in [-0.25, -0.2) is 13.2 Å². The Hall–Kier alpha value is -2.13. The second-order valence-corrected chi connectivity index (χ2v) is 12.1. The van der Waals surface area contributed by atoms with Gasteiger partial charge in [0.25, 0.3) is 0 Å². The summed E-state index contributed by atoms with van der Waals surface area (Å²) in [6, 6.07) is 6.62. The summed E-state index contributed by atoms with van der Waals surface area (Å²) >= 11 is 0. The van der Waals surface area contributed by atoms with E-state index in [1.807, 2.05) is 0 Å². The molecular weight excluding hydrogens is 426 g/mol. The van der Waals surface area contributed by atoms with Gasteiger partial charge in [-0.15, -0.1) is 0 Å². The Labute approximate surface area is 191 Å². The average molecular weight is 464 g/mol. The number of sulfone groups is 1. The highest BCUT2D eigenvalue weighted by Crippen LogP contribution is 2.40. The maximum atomic E-state index is 13.1. The molecule has 178 valence electrons. The van der Waals surface area contributed by atoms with Crippen molar-refractivity contribution in [2.45, 2.75) is 81.4 Å². The van der Waals surface area contributed by atoms with Crippen LogP contribution in [-0.2, 0) is 9.84 Å². The number of carbonyl (C=O) groups is 1. The van der Waals surface area contributed by atoms with Gasteiger partial charge in [-0.1, -0.05) is 37.8 Å². The highest BCUT2D eigenvalue weighted by atomic mass is 32.2. The Bertz CT molecular complexity index is 923. The number of nitrogens with one attached hydrogen (secondary N) is 4. The molecule has 1 aromatic carbocycles. The van der Waals surface area contributed by atoms with Crippen molar-refractivity contribution in [3.63, 3.8) is 0 Å². The highest BCUT2D eigenvalue weighted by Gasteiger charge is 2.45. The molecule has 1 saturated carbocycles. The van der Waals surface area contributed by atoms with Gasteiger partial charge in [-0.2, -0.15) is 0 Å². The van der Waals surface area contributed by atoms with Crippen LogP contribution in [0.15, 0.2) is 24.3 Å². The maximum Gasteiger partial charge on any atom is 0.319 e. The third-order valence-electron chi connectivity index (χ3n) is 6.99. The zero-order valence-corrected chi connectivity index (χ0v) is 19.9. The van der Waals surface area contributed by atoms with Crippen LogP contribution >= 0.6 is 0 Å². The molecule has 6 N–H and O–H groups in total. The zero-order chi connectivity index (χ0) is 23.4. The molecule has 2 atom stereocenters. The minimum atomic E-state index is -3.27. The number of anilines is 1. The van der Waals surface area contributed by atoms with Gasteiger partial charge in [0.1, 0.15) is 11.2 Å². The van der Waals surface area contributed by atoms with Crippen molar-refractivity contribution in [1.29, 1.82) is 5.41 Å². The van der Waals surface area contributed by atoms with Crippen LogP contribution in [0.4, 0.5) is 10.5 Å². The Morgan fingerprint density at radius 3 is 2.53 bits per heavy atom. The van der Waals surface area contributed by atoms with E-state index in [1.165, 1.54) is 0 Å². The van der Waals surface area contributed by atoms with Crippen molar-refractivity contribution in [2.24, 2.45) is 11.7 Å². The lowest BCUT2D eigenvalue weighted by atomic mass is 9.73. The molecule has 2 fully saturated rings. The van der Waals surface area contributed by atoms with E-state index in [4.69, 9.17) is 11.1 Å². The molecule has 1 aliphatic heterocycles. The maximum absolute atomic E-state index is 13.1. The molecule has 8 nitrogen and oxygen atoms in total. The normalized spacial score (nSPS) is 23.8. The number of hydrogen-bond donors (Lipinski definition) is 5. The third kappa shape index (κ3) is 5.61. The van der Waals surface area contributed by atoms with Crippen molar-refractivity contribution >= 4 is 27.4 Å². The second-order valence-electron chi connectivity index (χ2n) is 9.45. The molecule has 1 aliphatic carbocycles. The van der Waals surface area contributed by atoms with Crippen molar-refractivity contribution in [3.05, 3.63) is 29.8 Å². The number of amidine groups is 1. The minimum absolute atomic E-state index is 0.0543. The molecule has 2 unspecified atom stereocenters. The molecule has 1 aromatic rings. The average Bonchev–Trinajstić information content (AvgIpc) is 3.00. The van der Waals surface area contributed by atoms with Crippen LogP contribution in [0.3, 0.4) is 0 Å². The smallest absolute Gasteiger partial charge is 0.319 e. The standard InChI is InChI=1S/C23H37N5O3S/c1-16(2)32(30,31)20-15-18(10-13-26-20)23(11-5-3-4-6-12-23)28-22(29)27-19-9-7-8-17(14-19)21(24)25/h7-9,14,16,18,20,26H,3-6,10-13,15H2,1-2H3,(H3,24,25)(H2,27,28,29). The quantitative estimate of drug-likeness (QED) is 0.250. The van der Waals surface area contributed by atoms with E-state index in [1.54, 1.807) is 38.1 Å². The third-order valence-corrected chi connectivity index (χ3v) is 9.45. The van der Waals surface area contributed by atoms with Crippen molar-refractivity contribution < 1.29 is 13.2 Å². The first kappa shape index (κ1) is 24.5. The summed E-state index contributed by atoms with van der Waals surface area (Å²) in [5.41, 5.74) is 6.26. The Morgan fingerprint density at radius 1 is 1.22 bits per heavy atom. The summed E-state index contributed by atoms with van der Waals surface area (Å²) in [5.74, 6) is 0.0380. The van der Waals surface area contributed by atoms with Crippen LogP contribution < -0.4 is 21.7 Å². The van der Waals surface area contributed by atoms with Gasteiger partial charge in [-0.05, 0) is 64.1 Å². The van der Waals surface area contributed by atoms with E-state index >= 15 is 0 Å². The number of hydrogen-bond acceptors (Lipinski definition) is 5. The fraction of sp³-hybridized carbons (Fsp3) is 0.652. The largest absolute Gasteiger partial charge is 0.384 e. The number of nitrogens with two attached hydrogens (primary N) is 1. The number of benzene rings is 1. The van der Waals surface area contributed by atoms with E-state index in [0.717, 1.165) is 44.9 Å². The van der Waals surface area contributed by atoms with Gasteiger partial charge in [0.2, 0.25) is 0 Å². The first-order valence-corrected chi connectivity index (χ1v) is 13.2. The van der Waals surface area contributed by atoms with E-state index < -0.39 is 26.0 Å². The SMILES string of the molecule is CC(C)S(=O)(=O)C1CC(C2(NC(=O)Nc3cccc(C(=N)N)c3)CCCCCC2)CCN1. The second kappa shape index (κ2) is 10.2. The van der Waals surface area contributed by atoms with Gasteiger partial charge in [0.05, 0.1) is 5.25 Å². The van der Waals surface area contributed by atoms with E-state index in [0.29, 0.717) is 24.2 Å². The molecule has 0 bridgehead atoms. The molecule has 1 saturated heterocycles. The number of carbonyl (C=O) groups excluding carboxylic acids is 1. The predicted molar refractivity (Wildman–Crippen MR) is 129 cm³/mol. The number of piperidine rings is 1. The van der Waals surface area contributed by atoms with Crippen LogP contribution in [0.2, 0.25) is 0 Å². The molecule has 2 amide bonds. The fourth-order valence-corrected chi connectivity index (χ4v) is 6.61. The Morgan fingerprint density at radius 2 is 1.91 bits per heavy atom. The van der Waals surface area contributed by atoms with Crippen LogP contribution in [0.5, 0.6) is 0 Å². The van der Waals surface area contributed by atoms with Gasteiger partial charge < -0.3 is 21.7 Å². The summed E-state index contributed by atoms with van der Waals surface area (Å²) in [6.45, 7) is 4.08. The van der Waals surface area contributed by atoms with Crippen molar-refractivity contribution in [3.8, 4) is 0 Å². The lowest BCUT2D eigenvalue weighted by Gasteiger charge is -2.45. The first-order valence-electron chi connectivity index (χ1n) is 11.6. The molecule has 3 rings (SSSR count). The van der Waals surface area contributed by atoms with Gasteiger partial charge >= 0.3 is 6.03 Å². The van der Waals surface area contributed by atoms with Gasteiger partial charge in [0, 0.05) is 16.8 Å². The lowest BCUT2D eigenvalue weighted by molar-refractivity contribution is 0.146. The predicted octanol–water partition coefficient (Wildman–Crippen LogP) is 3.33. The molecule has 9 heteroatoms. The molecule has 0 radical (unpaired) electrons. The zero-order valence-electron chi connectivity index (χ0n) is 19.1. The Balaban J connectivity index is 1.80. The first-order chi connectivity index (χ1) is 15.1. The Kier molecular flexibility index (Phi) is 7.82. The summed E-state index contributed by atoms with van der Waals surface area (Å²) in [5, 5.41) is 16.0. The van der Waals surface area contributed by atoms with Crippen LogP contribution in [-0.4, -0.2) is 43.0 Å². The number of rotatable bonds is 6. The monoisotopic (exact) mass is 463 g/mol. The summed E-state index contributed by atoms with van der Waals surface area (Å²) < 4.78 is 25.7.